The van der Waals surface area contributed by atoms with Crippen molar-refractivity contribution in [1.29, 1.82) is 0 Å². The van der Waals surface area contributed by atoms with Crippen LogP contribution in [0.1, 0.15) is 55.4 Å². The average molecular weight is 1340 g/mol. The molecule has 4 heteroatoms. The van der Waals surface area contributed by atoms with Crippen molar-refractivity contribution in [2.45, 2.75) is 31.6 Å². The van der Waals surface area contributed by atoms with Gasteiger partial charge in [-0.15, -0.1) is 0 Å². The minimum Gasteiger partial charge on any atom is -0.310 e. The van der Waals surface area contributed by atoms with E-state index in [2.05, 4.69) is 381 Å². The summed E-state index contributed by atoms with van der Waals surface area (Å²) in [5.74, 6) is 0. The molecule has 0 atom stereocenters. The van der Waals surface area contributed by atoms with Crippen molar-refractivity contribution in [1.82, 2.24) is 4.57 Å². The molecular weight excluding hydrogens is 1270 g/mol. The fourth-order valence-corrected chi connectivity index (χ4v) is 17.7. The van der Waals surface area contributed by atoms with Crippen LogP contribution in [0.5, 0.6) is 0 Å². The van der Waals surface area contributed by atoms with Crippen LogP contribution in [0.15, 0.2) is 382 Å². The predicted molar refractivity (Wildman–Crippen MR) is 443 cm³/mol. The van der Waals surface area contributed by atoms with Crippen LogP contribution in [0.2, 0.25) is 0 Å². The largest absolute Gasteiger partial charge is 0.310 e. The van der Waals surface area contributed by atoms with E-state index in [-0.39, 0.29) is 35.1 Å². The Bertz CT molecular complexity index is 6340. The maximum Gasteiger partial charge on any atom is 0.252 e. The Hall–Kier alpha value is -13.0. The SMILES string of the molecule is [2H]c1c([2H])c([2H])c(-c2ccc3c(c2)B2c4ccc(-n5c6ccccc6c6ccccc65)cc4N(c4c(-c5ccccc5)cc(C(C)(C)C)cc4-c4ccccc4)c4cc(-c5cccc6c5C(c5ccccc5)(c5ccccc5)c5ccccc5-6)cc(c42)N3c2c(-c3ccccc3)cccc2-c2ccccc2)c([2H])c1[2H]. The van der Waals surface area contributed by atoms with Crippen LogP contribution >= 0.6 is 0 Å². The highest BCUT2D eigenvalue weighted by molar-refractivity contribution is 7.00. The molecule has 0 radical (unpaired) electrons. The lowest BCUT2D eigenvalue weighted by molar-refractivity contribution is 0.591. The first kappa shape index (κ1) is 56.6. The van der Waals surface area contributed by atoms with Gasteiger partial charge in [0, 0.05) is 61.5 Å². The van der Waals surface area contributed by atoms with Gasteiger partial charge in [-0.05, 0) is 160 Å². The Labute approximate surface area is 621 Å². The lowest BCUT2D eigenvalue weighted by Crippen LogP contribution is -2.61. The van der Waals surface area contributed by atoms with Gasteiger partial charge >= 0.3 is 0 Å². The third kappa shape index (κ3) is 9.74. The van der Waals surface area contributed by atoms with Crippen LogP contribution < -0.4 is 26.2 Å². The molecular formula is C101H72BN3. The molecule has 0 spiro atoms. The third-order valence-corrected chi connectivity index (χ3v) is 22.3. The molecule has 3 heterocycles. The van der Waals surface area contributed by atoms with Crippen LogP contribution in [0.4, 0.5) is 34.1 Å². The first-order chi connectivity index (χ1) is 53.8. The number of hydrogen-bond donors (Lipinski definition) is 0. The van der Waals surface area contributed by atoms with E-state index >= 15 is 0 Å². The molecule has 0 unspecified atom stereocenters. The van der Waals surface area contributed by atoms with E-state index in [0.29, 0.717) is 5.56 Å². The van der Waals surface area contributed by atoms with Crippen molar-refractivity contribution < 1.29 is 6.85 Å². The summed E-state index contributed by atoms with van der Waals surface area (Å²) in [6, 6.07) is 127. The van der Waals surface area contributed by atoms with Crippen molar-refractivity contribution in [2.24, 2.45) is 0 Å². The standard InChI is InChI=1S/C101H72BN3/c1-100(2,3)76-64-85(70-39-17-7-18-40-70)99(86(65-76)71-41-19-8-20-42-71)105-93-66-77(103-90-55-29-26-48-82(90)83-49-27-30-56-91(83)103)58-59-88(93)102-89-61-72(67-33-11-4-12-34-67)57-60-92(89)104(98-79(68-35-13-5-14-36-68)51-32-52-80(98)69-37-15-6-16-38-69)94-62-73(63-95(105)97(94)102)78-50-31-53-84-81-47-25-28-54-87(81)101(96(78)84,74-43-21-9-22-44-74)75-45-23-10-24-46-75/h4-66H,1-3H3/i4D,11D,12D,33D,34D. The van der Waals surface area contributed by atoms with Crippen LogP contribution in [-0.2, 0) is 10.8 Å². The Morgan fingerprint density at radius 1 is 0.314 bits per heavy atom. The molecule has 20 rings (SSSR count). The number of anilines is 6. The first-order valence-corrected chi connectivity index (χ1v) is 36.3. The minimum absolute atomic E-state index is 0.138. The Balaban J connectivity index is 1.01. The normalized spacial score (nSPS) is 13.8. The number of rotatable bonds is 11. The number of benzene rings is 16. The van der Waals surface area contributed by atoms with Gasteiger partial charge in [0.1, 0.15) is 0 Å². The van der Waals surface area contributed by atoms with E-state index in [1.807, 2.05) is 6.07 Å². The van der Waals surface area contributed by atoms with Gasteiger partial charge in [0.05, 0.1) is 34.7 Å². The van der Waals surface area contributed by atoms with Gasteiger partial charge in [-0.3, -0.25) is 0 Å². The van der Waals surface area contributed by atoms with Gasteiger partial charge in [0.25, 0.3) is 6.71 Å². The Kier molecular flexibility index (Phi) is 13.3. The molecule has 0 saturated heterocycles. The summed E-state index contributed by atoms with van der Waals surface area (Å²) >= 11 is 0. The molecule has 16 aromatic carbocycles. The highest BCUT2D eigenvalue weighted by atomic mass is 15.2. The molecule has 0 bridgehead atoms. The quantitative estimate of drug-likeness (QED) is 0.120. The number of para-hydroxylation sites is 3. The first-order valence-electron chi connectivity index (χ1n) is 38.8. The lowest BCUT2D eigenvalue weighted by atomic mass is 9.33. The van der Waals surface area contributed by atoms with Gasteiger partial charge in [-0.1, -0.05) is 348 Å². The van der Waals surface area contributed by atoms with Crippen LogP contribution in [0.3, 0.4) is 0 Å². The molecule has 1 aliphatic carbocycles. The van der Waals surface area contributed by atoms with Gasteiger partial charge in [0.2, 0.25) is 0 Å². The second-order valence-corrected chi connectivity index (χ2v) is 29.0. The molecule has 2 aliphatic heterocycles. The smallest absolute Gasteiger partial charge is 0.252 e. The molecule has 1 aromatic heterocycles. The topological polar surface area (TPSA) is 11.4 Å². The summed E-state index contributed by atoms with van der Waals surface area (Å²) < 4.78 is 49.2. The lowest BCUT2D eigenvalue weighted by Gasteiger charge is -2.46. The number of aromatic nitrogens is 1. The zero-order valence-corrected chi connectivity index (χ0v) is 58.4. The molecule has 3 aliphatic rings. The summed E-state index contributed by atoms with van der Waals surface area (Å²) in [5.41, 5.74) is 30.0. The average Bonchev–Trinajstić information content (AvgIpc) is 0.984. The summed E-state index contributed by atoms with van der Waals surface area (Å²) in [4.78, 5) is 5.16. The minimum atomic E-state index is -0.805. The second kappa shape index (κ2) is 24.6. The van der Waals surface area contributed by atoms with Crippen LogP contribution in [-0.4, -0.2) is 11.3 Å². The monoisotopic (exact) mass is 1340 g/mol. The second-order valence-electron chi connectivity index (χ2n) is 29.0. The molecule has 0 saturated carbocycles. The molecule has 494 valence electrons. The van der Waals surface area contributed by atoms with Crippen LogP contribution in [0.25, 0.3) is 105 Å². The van der Waals surface area contributed by atoms with Crippen molar-refractivity contribution in [2.75, 3.05) is 9.80 Å². The summed E-state index contributed by atoms with van der Waals surface area (Å²) in [7, 11) is 0. The molecule has 0 fully saturated rings. The zero-order chi connectivity index (χ0) is 74.3. The third-order valence-electron chi connectivity index (χ3n) is 22.3. The highest BCUT2D eigenvalue weighted by Gasteiger charge is 2.50. The van der Waals surface area contributed by atoms with Crippen molar-refractivity contribution in [3.8, 4) is 83.6 Å². The summed E-state index contributed by atoms with van der Waals surface area (Å²) in [5, 5.41) is 2.30. The molecule has 3 nitrogen and oxygen atoms in total. The van der Waals surface area contributed by atoms with E-state index in [9.17, 15) is 5.48 Å². The van der Waals surface area contributed by atoms with Gasteiger partial charge in [-0.2, -0.15) is 0 Å². The molecule has 17 aromatic rings. The fourth-order valence-electron chi connectivity index (χ4n) is 17.7. The molecule has 0 N–H and O–H groups in total. The van der Waals surface area contributed by atoms with E-state index in [1.54, 1.807) is 0 Å². The Morgan fingerprint density at radius 2 is 0.771 bits per heavy atom. The summed E-state index contributed by atoms with van der Waals surface area (Å²) in [6.07, 6.45) is 0. The van der Waals surface area contributed by atoms with Gasteiger partial charge in [-0.25, -0.2) is 0 Å². The number of fused-ring (bicyclic) bond motifs is 10. The fraction of sp³-hybridized carbons (Fsp3) is 0.0495. The zero-order valence-electron chi connectivity index (χ0n) is 63.4. The Morgan fingerprint density at radius 3 is 1.32 bits per heavy atom. The maximum atomic E-state index is 9.72. The van der Waals surface area contributed by atoms with Gasteiger partial charge in [0.15, 0.2) is 0 Å². The van der Waals surface area contributed by atoms with Crippen LogP contribution in [0, 0.1) is 0 Å². The van der Waals surface area contributed by atoms with Crippen molar-refractivity contribution in [3.63, 3.8) is 0 Å². The number of nitrogens with zero attached hydrogens (tertiary/aromatic N) is 3. The van der Waals surface area contributed by atoms with E-state index in [4.69, 9.17) is 1.37 Å². The predicted octanol–water partition coefficient (Wildman–Crippen LogP) is 24.5. The molecule has 105 heavy (non-hydrogen) atoms. The van der Waals surface area contributed by atoms with E-state index in [0.717, 1.165) is 150 Å². The van der Waals surface area contributed by atoms with E-state index in [1.165, 1.54) is 22.3 Å². The van der Waals surface area contributed by atoms with Crippen molar-refractivity contribution >= 4 is 79.0 Å². The maximum absolute atomic E-state index is 9.72. The molecule has 0 amide bonds. The van der Waals surface area contributed by atoms with E-state index < -0.39 is 18.2 Å². The summed E-state index contributed by atoms with van der Waals surface area (Å²) in [6.45, 7) is 6.38. The highest BCUT2D eigenvalue weighted by Crippen LogP contribution is 2.61. The van der Waals surface area contributed by atoms with Crippen molar-refractivity contribution in [3.05, 3.63) is 410 Å². The van der Waals surface area contributed by atoms with Gasteiger partial charge < -0.3 is 14.4 Å². The number of hydrogen-bond acceptors (Lipinski definition) is 2.